The van der Waals surface area contributed by atoms with Crippen LogP contribution in [0.1, 0.15) is 35.9 Å². The first kappa shape index (κ1) is 14.9. The number of carbonyl (C=O) groups excluding carboxylic acids is 1. The van der Waals surface area contributed by atoms with Gasteiger partial charge in [-0.05, 0) is 43.3 Å². The molecule has 22 heavy (non-hydrogen) atoms. The molecule has 1 N–H and O–H groups in total. The lowest BCUT2D eigenvalue weighted by molar-refractivity contribution is 0.0944. The zero-order valence-corrected chi connectivity index (χ0v) is 13.7. The van der Waals surface area contributed by atoms with E-state index in [4.69, 9.17) is 0 Å². The Balaban J connectivity index is 1.72. The molecular formula is C18H20N2OS. The van der Waals surface area contributed by atoms with Gasteiger partial charge in [-0.3, -0.25) is 4.79 Å². The molecule has 3 rings (SSSR count). The highest BCUT2D eigenvalue weighted by Crippen LogP contribution is 2.28. The van der Waals surface area contributed by atoms with Gasteiger partial charge in [-0.15, -0.1) is 11.3 Å². The van der Waals surface area contributed by atoms with Crippen molar-refractivity contribution in [3.05, 3.63) is 59.1 Å². The average Bonchev–Trinajstić information content (AvgIpc) is 3.08. The van der Waals surface area contributed by atoms with E-state index in [2.05, 4.69) is 47.3 Å². The molecule has 0 bridgehead atoms. The predicted molar refractivity (Wildman–Crippen MR) is 92.7 cm³/mol. The molecule has 0 aliphatic carbocycles. The van der Waals surface area contributed by atoms with Gasteiger partial charge in [0, 0.05) is 12.6 Å². The van der Waals surface area contributed by atoms with Crippen LogP contribution in [0.3, 0.4) is 0 Å². The smallest absolute Gasteiger partial charge is 0.267 e. The van der Waals surface area contributed by atoms with Crippen LogP contribution in [-0.4, -0.2) is 17.0 Å². The van der Waals surface area contributed by atoms with Gasteiger partial charge in [-0.2, -0.15) is 0 Å². The highest BCUT2D eigenvalue weighted by Gasteiger charge is 2.17. The van der Waals surface area contributed by atoms with Crippen LogP contribution in [0, 0.1) is 0 Å². The Morgan fingerprint density at radius 3 is 2.73 bits per heavy atom. The zero-order chi connectivity index (χ0) is 15.5. The number of rotatable bonds is 5. The van der Waals surface area contributed by atoms with Gasteiger partial charge in [0.15, 0.2) is 0 Å². The maximum Gasteiger partial charge on any atom is 0.267 e. The summed E-state index contributed by atoms with van der Waals surface area (Å²) in [5.41, 5.74) is 3.14. The summed E-state index contributed by atoms with van der Waals surface area (Å²) in [6.45, 7) is 4.87. The quantitative estimate of drug-likeness (QED) is 0.750. The third-order valence-corrected chi connectivity index (χ3v) is 4.60. The van der Waals surface area contributed by atoms with Crippen LogP contribution in [-0.2, 0) is 6.42 Å². The minimum atomic E-state index is 0.00744. The Bertz CT molecular complexity index is 771. The lowest BCUT2D eigenvalue weighted by atomic mass is 10.1. The molecule has 0 aliphatic heterocycles. The fourth-order valence-electron chi connectivity index (χ4n) is 2.73. The molecule has 3 nitrogen and oxygen atoms in total. The van der Waals surface area contributed by atoms with Crippen molar-refractivity contribution in [2.75, 3.05) is 6.54 Å². The minimum Gasteiger partial charge on any atom is -0.350 e. The summed E-state index contributed by atoms with van der Waals surface area (Å²) in [6.07, 6.45) is 0.851. The molecular weight excluding hydrogens is 292 g/mol. The largest absolute Gasteiger partial charge is 0.350 e. The van der Waals surface area contributed by atoms with Crippen LogP contribution in [0.15, 0.2) is 47.8 Å². The van der Waals surface area contributed by atoms with Gasteiger partial charge in [0.25, 0.3) is 5.91 Å². The first-order chi connectivity index (χ1) is 10.7. The molecule has 3 aromatic rings. The van der Waals surface area contributed by atoms with Crippen molar-refractivity contribution in [1.29, 1.82) is 0 Å². The second-order valence-corrected chi connectivity index (χ2v) is 6.60. The number of aromatic nitrogens is 1. The van der Waals surface area contributed by atoms with Crippen molar-refractivity contribution >= 4 is 27.5 Å². The maximum absolute atomic E-state index is 12.5. The Kier molecular flexibility index (Phi) is 4.29. The van der Waals surface area contributed by atoms with Crippen LogP contribution in [0.2, 0.25) is 0 Å². The monoisotopic (exact) mass is 312 g/mol. The van der Waals surface area contributed by atoms with E-state index in [1.165, 1.54) is 10.3 Å². The minimum absolute atomic E-state index is 0.00744. The number of thiophene rings is 1. The molecule has 1 amide bonds. The Morgan fingerprint density at radius 2 is 2.00 bits per heavy atom. The first-order valence-corrected chi connectivity index (χ1v) is 8.45. The van der Waals surface area contributed by atoms with Crippen molar-refractivity contribution in [2.24, 2.45) is 0 Å². The number of carbonyl (C=O) groups is 1. The molecule has 2 aromatic heterocycles. The number of hydrogen-bond acceptors (Lipinski definition) is 2. The first-order valence-electron chi connectivity index (χ1n) is 7.57. The molecule has 1 aromatic carbocycles. The highest BCUT2D eigenvalue weighted by atomic mass is 32.1. The van der Waals surface area contributed by atoms with Gasteiger partial charge >= 0.3 is 0 Å². The fourth-order valence-corrected chi connectivity index (χ4v) is 3.54. The van der Waals surface area contributed by atoms with Crippen molar-refractivity contribution in [3.8, 4) is 0 Å². The normalized spacial score (nSPS) is 11.2. The molecule has 0 unspecified atom stereocenters. The average molecular weight is 312 g/mol. The van der Waals surface area contributed by atoms with Gasteiger partial charge in [-0.1, -0.05) is 30.3 Å². The van der Waals surface area contributed by atoms with Crippen molar-refractivity contribution < 1.29 is 4.79 Å². The van der Waals surface area contributed by atoms with Crippen LogP contribution < -0.4 is 5.32 Å². The van der Waals surface area contributed by atoms with Crippen LogP contribution in [0.4, 0.5) is 0 Å². The Morgan fingerprint density at radius 1 is 1.23 bits per heavy atom. The van der Waals surface area contributed by atoms with Gasteiger partial charge in [-0.25, -0.2) is 0 Å². The molecule has 0 spiro atoms. The summed E-state index contributed by atoms with van der Waals surface area (Å²) >= 11 is 1.68. The van der Waals surface area contributed by atoms with Gasteiger partial charge in [0.2, 0.25) is 0 Å². The van der Waals surface area contributed by atoms with Gasteiger partial charge in [0.05, 0.1) is 10.2 Å². The summed E-state index contributed by atoms with van der Waals surface area (Å²) < 4.78 is 3.28. The number of fused-ring (bicyclic) bond motifs is 1. The molecule has 0 radical (unpaired) electrons. The van der Waals surface area contributed by atoms with E-state index >= 15 is 0 Å². The lowest BCUT2D eigenvalue weighted by Crippen LogP contribution is -2.28. The lowest BCUT2D eigenvalue weighted by Gasteiger charge is -2.14. The van der Waals surface area contributed by atoms with Crippen LogP contribution >= 0.6 is 11.3 Å². The SMILES string of the molecule is CC(C)n1c(C(=O)NCCc2ccccc2)cc2sccc21. The standard InChI is InChI=1S/C18H20N2OS/c1-13(2)20-15-9-11-22-17(15)12-16(20)18(21)19-10-8-14-6-4-3-5-7-14/h3-7,9,11-13H,8,10H2,1-2H3,(H,19,21). The number of hydrogen-bond donors (Lipinski definition) is 1. The second kappa shape index (κ2) is 6.36. The van der Waals surface area contributed by atoms with E-state index in [0.717, 1.165) is 17.6 Å². The molecule has 4 heteroatoms. The maximum atomic E-state index is 12.5. The molecule has 0 atom stereocenters. The highest BCUT2D eigenvalue weighted by molar-refractivity contribution is 7.17. The van der Waals surface area contributed by atoms with E-state index in [1.54, 1.807) is 11.3 Å². The third kappa shape index (κ3) is 2.92. The van der Waals surface area contributed by atoms with Crippen LogP contribution in [0.5, 0.6) is 0 Å². The zero-order valence-electron chi connectivity index (χ0n) is 12.9. The Labute approximate surface area is 134 Å². The summed E-state index contributed by atoms with van der Waals surface area (Å²) in [4.78, 5) is 12.5. The summed E-state index contributed by atoms with van der Waals surface area (Å²) in [7, 11) is 0. The molecule has 114 valence electrons. The van der Waals surface area contributed by atoms with Crippen molar-refractivity contribution in [3.63, 3.8) is 0 Å². The number of amides is 1. The summed E-state index contributed by atoms with van der Waals surface area (Å²) in [5.74, 6) is 0.00744. The van der Waals surface area contributed by atoms with Crippen molar-refractivity contribution in [1.82, 2.24) is 9.88 Å². The topological polar surface area (TPSA) is 34.0 Å². The van der Waals surface area contributed by atoms with E-state index in [1.807, 2.05) is 24.3 Å². The summed E-state index contributed by atoms with van der Waals surface area (Å²) in [6, 6.07) is 14.6. The van der Waals surface area contributed by atoms with Crippen LogP contribution in [0.25, 0.3) is 10.2 Å². The molecule has 0 saturated heterocycles. The fraction of sp³-hybridized carbons (Fsp3) is 0.278. The van der Waals surface area contributed by atoms with E-state index in [9.17, 15) is 4.79 Å². The van der Waals surface area contributed by atoms with Gasteiger partial charge < -0.3 is 9.88 Å². The number of benzene rings is 1. The van der Waals surface area contributed by atoms with E-state index in [-0.39, 0.29) is 11.9 Å². The molecule has 0 fully saturated rings. The molecule has 2 heterocycles. The number of nitrogens with one attached hydrogen (secondary N) is 1. The predicted octanol–water partition coefficient (Wildman–Crippen LogP) is 4.26. The Hall–Kier alpha value is -2.07. The second-order valence-electron chi connectivity index (χ2n) is 5.65. The van der Waals surface area contributed by atoms with E-state index < -0.39 is 0 Å². The molecule has 0 saturated carbocycles. The molecule has 0 aliphatic rings. The van der Waals surface area contributed by atoms with Gasteiger partial charge in [0.1, 0.15) is 5.69 Å². The third-order valence-electron chi connectivity index (χ3n) is 3.75. The van der Waals surface area contributed by atoms with E-state index in [0.29, 0.717) is 6.54 Å². The van der Waals surface area contributed by atoms with Crippen molar-refractivity contribution in [2.45, 2.75) is 26.3 Å². The number of nitrogens with zero attached hydrogens (tertiary/aromatic N) is 1. The summed E-state index contributed by atoms with van der Waals surface area (Å²) in [5, 5.41) is 5.11.